The van der Waals surface area contributed by atoms with E-state index in [4.69, 9.17) is 4.74 Å². The normalized spacial score (nSPS) is 10.3. The highest BCUT2D eigenvalue weighted by molar-refractivity contribution is 9.10. The summed E-state index contributed by atoms with van der Waals surface area (Å²) in [7, 11) is 1.28. The van der Waals surface area contributed by atoms with Crippen molar-refractivity contribution in [1.82, 2.24) is 0 Å². The first-order chi connectivity index (χ1) is 10.4. The number of carbonyl (C=O) groups is 1. The molecule has 0 heterocycles. The molecular weight excluding hydrogens is 358 g/mol. The van der Waals surface area contributed by atoms with Crippen molar-refractivity contribution in [3.8, 4) is 28.4 Å². The summed E-state index contributed by atoms with van der Waals surface area (Å²) in [6, 6.07) is 5.33. The lowest BCUT2D eigenvalue weighted by Gasteiger charge is -2.13. The molecule has 0 saturated heterocycles. The van der Waals surface area contributed by atoms with Gasteiger partial charge in [-0.25, -0.2) is 0 Å². The number of phenols is 2. The number of benzene rings is 2. The van der Waals surface area contributed by atoms with Crippen molar-refractivity contribution < 1.29 is 24.7 Å². The second-order valence-corrected chi connectivity index (χ2v) is 5.13. The van der Waals surface area contributed by atoms with Crippen LogP contribution in [0.1, 0.15) is 10.4 Å². The molecule has 0 amide bonds. The van der Waals surface area contributed by atoms with Crippen LogP contribution in [0.2, 0.25) is 0 Å². The number of nitro benzene ring substituents is 1. The first kappa shape index (κ1) is 15.8. The zero-order valence-electron chi connectivity index (χ0n) is 11.2. The van der Waals surface area contributed by atoms with Gasteiger partial charge in [0.15, 0.2) is 17.8 Å². The zero-order chi connectivity index (χ0) is 16.4. The van der Waals surface area contributed by atoms with Gasteiger partial charge in [0, 0.05) is 27.7 Å². The van der Waals surface area contributed by atoms with Crippen LogP contribution in [0.4, 0.5) is 5.69 Å². The van der Waals surface area contributed by atoms with E-state index in [0.29, 0.717) is 16.3 Å². The number of ether oxygens (including phenoxy) is 1. The van der Waals surface area contributed by atoms with E-state index in [1.165, 1.54) is 31.4 Å². The van der Waals surface area contributed by atoms with Gasteiger partial charge in [-0.05, 0) is 12.1 Å². The van der Waals surface area contributed by atoms with Gasteiger partial charge in [-0.15, -0.1) is 0 Å². The quantitative estimate of drug-likeness (QED) is 0.371. The van der Waals surface area contributed by atoms with Crippen molar-refractivity contribution in [3.05, 3.63) is 44.4 Å². The van der Waals surface area contributed by atoms with Crippen LogP contribution in [-0.2, 0) is 0 Å². The molecule has 114 valence electrons. The van der Waals surface area contributed by atoms with E-state index in [2.05, 4.69) is 15.9 Å². The second-order valence-electron chi connectivity index (χ2n) is 4.28. The Balaban J connectivity index is 2.82. The van der Waals surface area contributed by atoms with Crippen molar-refractivity contribution >= 4 is 27.9 Å². The molecule has 0 aliphatic carbocycles. The third kappa shape index (κ3) is 2.60. The van der Waals surface area contributed by atoms with E-state index in [9.17, 15) is 25.1 Å². The minimum Gasteiger partial charge on any atom is -0.504 e. The highest BCUT2D eigenvalue weighted by Gasteiger charge is 2.21. The molecule has 0 aliphatic heterocycles. The largest absolute Gasteiger partial charge is 0.504 e. The molecule has 0 fully saturated rings. The van der Waals surface area contributed by atoms with Gasteiger partial charge in [0.1, 0.15) is 0 Å². The van der Waals surface area contributed by atoms with Crippen molar-refractivity contribution in [2.45, 2.75) is 0 Å². The SMILES string of the molecule is COc1cc(-c2cc([N+](=O)[O-])ccc2Br)c(C=O)c(O)c1O. The highest BCUT2D eigenvalue weighted by atomic mass is 79.9. The van der Waals surface area contributed by atoms with Crippen molar-refractivity contribution in [2.24, 2.45) is 0 Å². The Bertz CT molecular complexity index is 774. The highest BCUT2D eigenvalue weighted by Crippen LogP contribution is 2.45. The average molecular weight is 368 g/mol. The number of nitrogens with zero attached hydrogens (tertiary/aromatic N) is 1. The fourth-order valence-electron chi connectivity index (χ4n) is 1.98. The number of aromatic hydroxyl groups is 2. The monoisotopic (exact) mass is 367 g/mol. The van der Waals surface area contributed by atoms with Gasteiger partial charge in [0.25, 0.3) is 5.69 Å². The minimum absolute atomic E-state index is 0.0588. The standard InChI is InChI=1S/C14H10BrNO6/c1-22-12-5-8(10(6-17)13(18)14(12)19)9-4-7(16(20)21)2-3-11(9)15/h2-6,18-19H,1H3. The number of methoxy groups -OCH3 is 1. The van der Waals surface area contributed by atoms with Gasteiger partial charge >= 0.3 is 0 Å². The summed E-state index contributed by atoms with van der Waals surface area (Å²) in [5.74, 6) is -1.28. The van der Waals surface area contributed by atoms with Crippen LogP contribution in [0.5, 0.6) is 17.2 Å². The third-order valence-electron chi connectivity index (χ3n) is 3.07. The van der Waals surface area contributed by atoms with E-state index in [1.54, 1.807) is 0 Å². The molecule has 8 heteroatoms. The molecule has 0 aromatic heterocycles. The van der Waals surface area contributed by atoms with E-state index < -0.39 is 16.4 Å². The van der Waals surface area contributed by atoms with Crippen LogP contribution in [0.3, 0.4) is 0 Å². The molecule has 22 heavy (non-hydrogen) atoms. The first-order valence-electron chi connectivity index (χ1n) is 5.93. The van der Waals surface area contributed by atoms with Crippen molar-refractivity contribution in [3.63, 3.8) is 0 Å². The third-order valence-corrected chi connectivity index (χ3v) is 3.76. The molecule has 0 atom stereocenters. The fourth-order valence-corrected chi connectivity index (χ4v) is 2.44. The summed E-state index contributed by atoms with van der Waals surface area (Å²) in [5, 5.41) is 30.6. The van der Waals surface area contributed by atoms with E-state index in [-0.39, 0.29) is 22.6 Å². The number of hydrogen-bond acceptors (Lipinski definition) is 6. The number of phenolic OH excluding ortho intramolecular Hbond substituents is 2. The average Bonchev–Trinajstić information content (AvgIpc) is 2.50. The summed E-state index contributed by atoms with van der Waals surface area (Å²) in [6.07, 6.45) is 0.356. The van der Waals surface area contributed by atoms with Crippen LogP contribution in [-0.4, -0.2) is 28.5 Å². The van der Waals surface area contributed by atoms with E-state index in [0.717, 1.165) is 0 Å². The fraction of sp³-hybridized carbons (Fsp3) is 0.0714. The molecule has 0 aliphatic rings. The lowest BCUT2D eigenvalue weighted by molar-refractivity contribution is -0.384. The topological polar surface area (TPSA) is 110 Å². The Labute approximate surface area is 133 Å². The number of nitro groups is 1. The van der Waals surface area contributed by atoms with Crippen LogP contribution in [0, 0.1) is 10.1 Å². The molecule has 7 nitrogen and oxygen atoms in total. The lowest BCUT2D eigenvalue weighted by atomic mass is 9.98. The predicted octanol–water partition coefficient (Wildman–Crippen LogP) is 3.26. The smallest absolute Gasteiger partial charge is 0.270 e. The van der Waals surface area contributed by atoms with Gasteiger partial charge in [-0.2, -0.15) is 0 Å². The maximum absolute atomic E-state index is 11.2. The van der Waals surface area contributed by atoms with Crippen LogP contribution in [0.15, 0.2) is 28.7 Å². The Hall–Kier alpha value is -2.61. The molecule has 2 N–H and O–H groups in total. The molecule has 0 bridgehead atoms. The molecule has 0 unspecified atom stereocenters. The van der Waals surface area contributed by atoms with Crippen molar-refractivity contribution in [1.29, 1.82) is 0 Å². The second kappa shape index (κ2) is 6.02. The predicted molar refractivity (Wildman–Crippen MR) is 81.5 cm³/mol. The Morgan fingerprint density at radius 3 is 2.45 bits per heavy atom. The maximum atomic E-state index is 11.2. The summed E-state index contributed by atoms with van der Waals surface area (Å²) >= 11 is 3.25. The van der Waals surface area contributed by atoms with Crippen LogP contribution >= 0.6 is 15.9 Å². The van der Waals surface area contributed by atoms with Gasteiger partial charge in [-0.3, -0.25) is 14.9 Å². The van der Waals surface area contributed by atoms with Gasteiger partial charge in [0.2, 0.25) is 5.75 Å². The Morgan fingerprint density at radius 2 is 1.91 bits per heavy atom. The number of carbonyl (C=O) groups excluding carboxylic acids is 1. The van der Waals surface area contributed by atoms with E-state index in [1.807, 2.05) is 0 Å². The molecule has 2 rings (SSSR count). The molecule has 2 aromatic rings. The summed E-state index contributed by atoms with van der Waals surface area (Å²) in [5.41, 5.74) is 0.128. The summed E-state index contributed by atoms with van der Waals surface area (Å²) in [4.78, 5) is 21.6. The van der Waals surface area contributed by atoms with Gasteiger partial charge < -0.3 is 14.9 Å². The first-order valence-corrected chi connectivity index (χ1v) is 6.72. The van der Waals surface area contributed by atoms with Crippen LogP contribution < -0.4 is 4.74 Å². The minimum atomic E-state index is -0.650. The van der Waals surface area contributed by atoms with Gasteiger partial charge in [-0.1, -0.05) is 15.9 Å². The molecule has 0 radical (unpaired) electrons. The number of halogens is 1. The summed E-state index contributed by atoms with van der Waals surface area (Å²) < 4.78 is 5.41. The van der Waals surface area contributed by atoms with Gasteiger partial charge in [0.05, 0.1) is 17.6 Å². The lowest BCUT2D eigenvalue weighted by Crippen LogP contribution is -1.95. The number of rotatable bonds is 4. The Kier molecular flexibility index (Phi) is 4.32. The van der Waals surface area contributed by atoms with Crippen LogP contribution in [0.25, 0.3) is 11.1 Å². The number of hydrogen-bond donors (Lipinski definition) is 2. The number of aldehydes is 1. The molecule has 0 saturated carbocycles. The number of non-ortho nitro benzene ring substituents is 1. The summed E-state index contributed by atoms with van der Waals surface area (Å²) in [6.45, 7) is 0. The van der Waals surface area contributed by atoms with Crippen molar-refractivity contribution in [2.75, 3.05) is 7.11 Å². The Morgan fingerprint density at radius 1 is 1.23 bits per heavy atom. The maximum Gasteiger partial charge on any atom is 0.270 e. The van der Waals surface area contributed by atoms with E-state index >= 15 is 0 Å². The molecule has 0 spiro atoms. The molecule has 2 aromatic carbocycles. The molecular formula is C14H10BrNO6. The zero-order valence-corrected chi connectivity index (χ0v) is 12.8.